The summed E-state index contributed by atoms with van der Waals surface area (Å²) in [6.07, 6.45) is 6.51. The summed E-state index contributed by atoms with van der Waals surface area (Å²) in [6, 6.07) is 17.1. The van der Waals surface area contributed by atoms with E-state index in [0.717, 1.165) is 40.0 Å². The summed E-state index contributed by atoms with van der Waals surface area (Å²) < 4.78 is 5.35. The third-order valence-electron chi connectivity index (χ3n) is 4.55. The van der Waals surface area contributed by atoms with Gasteiger partial charge in [0.25, 0.3) is 0 Å². The number of hydrogen-bond donors (Lipinski definition) is 2. The van der Waals surface area contributed by atoms with Crippen molar-refractivity contribution in [1.29, 1.82) is 0 Å². The second kappa shape index (κ2) is 7.33. The first-order valence-electron chi connectivity index (χ1n) is 8.67. The number of nitrogens with one attached hydrogen (secondary N) is 2. The van der Waals surface area contributed by atoms with Crippen LogP contribution in [0.3, 0.4) is 0 Å². The van der Waals surface area contributed by atoms with Crippen molar-refractivity contribution < 1.29 is 9.53 Å². The van der Waals surface area contributed by atoms with Crippen LogP contribution in [0.5, 0.6) is 5.75 Å². The minimum Gasteiger partial charge on any atom is -0.497 e. The fourth-order valence-corrected chi connectivity index (χ4v) is 3.24. The molecule has 1 atom stereocenters. The summed E-state index contributed by atoms with van der Waals surface area (Å²) in [7, 11) is 1.64. The highest BCUT2D eigenvalue weighted by Crippen LogP contribution is 2.37. The van der Waals surface area contributed by atoms with Gasteiger partial charge in [0, 0.05) is 23.0 Å². The van der Waals surface area contributed by atoms with E-state index in [1.54, 1.807) is 13.3 Å². The fourth-order valence-electron chi connectivity index (χ4n) is 3.24. The van der Waals surface area contributed by atoms with Crippen molar-refractivity contribution in [1.82, 2.24) is 10.3 Å². The number of pyridine rings is 1. The van der Waals surface area contributed by atoms with E-state index in [9.17, 15) is 4.79 Å². The van der Waals surface area contributed by atoms with Crippen LogP contribution in [0, 0.1) is 0 Å². The quantitative estimate of drug-likeness (QED) is 0.666. The highest BCUT2D eigenvalue weighted by atomic mass is 16.5. The number of methoxy groups -OCH3 is 1. The van der Waals surface area contributed by atoms with Crippen LogP contribution in [-0.2, 0) is 4.79 Å². The molecule has 134 valence electrons. The van der Waals surface area contributed by atoms with Crippen LogP contribution in [0.4, 0.5) is 11.5 Å². The molecule has 2 N–H and O–H groups in total. The Hall–Kier alpha value is -3.60. The topological polar surface area (TPSA) is 63.2 Å². The summed E-state index contributed by atoms with van der Waals surface area (Å²) in [5.74, 6) is 1.44. The molecule has 1 unspecified atom stereocenters. The van der Waals surface area contributed by atoms with Gasteiger partial charge in [-0.2, -0.15) is 0 Å². The molecule has 3 aromatic rings. The molecule has 0 bridgehead atoms. The summed E-state index contributed by atoms with van der Waals surface area (Å²) in [6.45, 7) is 0. The summed E-state index contributed by atoms with van der Waals surface area (Å²) in [5.41, 5.74) is 4.65. The van der Waals surface area contributed by atoms with Crippen LogP contribution >= 0.6 is 0 Å². The first-order valence-corrected chi connectivity index (χ1v) is 8.67. The highest BCUT2D eigenvalue weighted by Gasteiger charge is 2.24. The van der Waals surface area contributed by atoms with Gasteiger partial charge in [0.1, 0.15) is 23.9 Å². The van der Waals surface area contributed by atoms with Gasteiger partial charge in [0.05, 0.1) is 7.11 Å². The molecule has 0 saturated carbocycles. The molecular weight excluding hydrogens is 338 g/mol. The van der Waals surface area contributed by atoms with Gasteiger partial charge in [0.2, 0.25) is 0 Å². The molecule has 27 heavy (non-hydrogen) atoms. The Bertz CT molecular complexity index is 1000. The van der Waals surface area contributed by atoms with E-state index in [1.165, 1.54) is 0 Å². The Labute approximate surface area is 157 Å². The van der Waals surface area contributed by atoms with Gasteiger partial charge < -0.3 is 20.2 Å². The SMILES string of the molecule is COc1cccc(-c2cnc(Nc3ccccc3)c3c2C=CNC3C=O)c1. The molecule has 0 fully saturated rings. The molecular formula is C22H19N3O2. The lowest BCUT2D eigenvalue weighted by atomic mass is 9.92. The Morgan fingerprint density at radius 1 is 1.15 bits per heavy atom. The molecule has 4 rings (SSSR count). The van der Waals surface area contributed by atoms with E-state index in [1.807, 2.05) is 66.9 Å². The van der Waals surface area contributed by atoms with Crippen LogP contribution < -0.4 is 15.4 Å². The van der Waals surface area contributed by atoms with Crippen molar-refractivity contribution in [2.45, 2.75) is 6.04 Å². The normalized spacial score (nSPS) is 14.8. The number of anilines is 2. The zero-order chi connectivity index (χ0) is 18.6. The number of aldehydes is 1. The van der Waals surface area contributed by atoms with Crippen molar-refractivity contribution in [3.63, 3.8) is 0 Å². The summed E-state index contributed by atoms with van der Waals surface area (Å²) >= 11 is 0. The van der Waals surface area contributed by atoms with E-state index >= 15 is 0 Å². The first-order chi connectivity index (χ1) is 13.3. The minimum absolute atomic E-state index is 0.464. The zero-order valence-electron chi connectivity index (χ0n) is 14.8. The van der Waals surface area contributed by atoms with Gasteiger partial charge in [-0.05, 0) is 47.7 Å². The molecule has 0 radical (unpaired) electrons. The number of carbonyl (C=O) groups is 1. The maximum absolute atomic E-state index is 11.7. The van der Waals surface area contributed by atoms with Gasteiger partial charge in [-0.15, -0.1) is 0 Å². The molecule has 5 nitrogen and oxygen atoms in total. The Morgan fingerprint density at radius 3 is 2.78 bits per heavy atom. The molecule has 0 spiro atoms. The highest BCUT2D eigenvalue weighted by molar-refractivity contribution is 5.85. The van der Waals surface area contributed by atoms with Gasteiger partial charge in [-0.25, -0.2) is 4.98 Å². The summed E-state index contributed by atoms with van der Waals surface area (Å²) in [5, 5.41) is 6.43. The zero-order valence-corrected chi connectivity index (χ0v) is 14.8. The smallest absolute Gasteiger partial charge is 0.146 e. The Balaban J connectivity index is 1.86. The average Bonchev–Trinajstić information content (AvgIpc) is 2.74. The molecule has 2 aromatic carbocycles. The predicted octanol–water partition coefficient (Wildman–Crippen LogP) is 4.31. The van der Waals surface area contributed by atoms with Gasteiger partial charge in [-0.3, -0.25) is 0 Å². The van der Waals surface area contributed by atoms with Gasteiger partial charge >= 0.3 is 0 Å². The minimum atomic E-state index is -0.464. The standard InChI is InChI=1S/C22H19N3O2/c1-27-17-9-5-6-15(12-17)19-13-24-22(25-16-7-3-2-4-8-16)21-18(19)10-11-23-20(21)14-26/h2-14,20,23H,1H3,(H,24,25). The lowest BCUT2D eigenvalue weighted by molar-refractivity contribution is -0.109. The maximum Gasteiger partial charge on any atom is 0.146 e. The molecule has 2 heterocycles. The molecule has 0 amide bonds. The summed E-state index contributed by atoms with van der Waals surface area (Å²) in [4.78, 5) is 16.3. The van der Waals surface area contributed by atoms with Crippen LogP contribution in [0.25, 0.3) is 17.2 Å². The number of benzene rings is 2. The number of nitrogens with zero attached hydrogens (tertiary/aromatic N) is 1. The second-order valence-corrected chi connectivity index (χ2v) is 6.18. The number of ether oxygens (including phenoxy) is 1. The largest absolute Gasteiger partial charge is 0.497 e. The number of para-hydroxylation sites is 1. The molecule has 1 aliphatic rings. The molecule has 0 saturated heterocycles. The monoisotopic (exact) mass is 357 g/mol. The maximum atomic E-state index is 11.7. The first kappa shape index (κ1) is 16.8. The van der Waals surface area contributed by atoms with Crippen molar-refractivity contribution in [3.05, 3.63) is 78.1 Å². The van der Waals surface area contributed by atoms with Crippen molar-refractivity contribution in [2.75, 3.05) is 12.4 Å². The van der Waals surface area contributed by atoms with Gasteiger partial charge in [-0.1, -0.05) is 30.3 Å². The second-order valence-electron chi connectivity index (χ2n) is 6.18. The van der Waals surface area contributed by atoms with Gasteiger partial charge in [0.15, 0.2) is 0 Å². The average molecular weight is 357 g/mol. The van der Waals surface area contributed by atoms with E-state index in [4.69, 9.17) is 4.74 Å². The molecule has 0 aliphatic carbocycles. The fraction of sp³-hybridized carbons (Fsp3) is 0.0909. The van der Waals surface area contributed by atoms with E-state index in [0.29, 0.717) is 5.82 Å². The van der Waals surface area contributed by atoms with Crippen molar-refractivity contribution >= 4 is 23.9 Å². The van der Waals surface area contributed by atoms with E-state index < -0.39 is 6.04 Å². The number of rotatable bonds is 5. The lowest BCUT2D eigenvalue weighted by Gasteiger charge is -2.24. The predicted molar refractivity (Wildman–Crippen MR) is 107 cm³/mol. The van der Waals surface area contributed by atoms with Crippen LogP contribution in [0.2, 0.25) is 0 Å². The number of hydrogen-bond acceptors (Lipinski definition) is 5. The molecule has 1 aliphatic heterocycles. The Kier molecular flexibility index (Phi) is 4.58. The van der Waals surface area contributed by atoms with E-state index in [2.05, 4.69) is 15.6 Å². The third-order valence-corrected chi connectivity index (χ3v) is 4.55. The van der Waals surface area contributed by atoms with Crippen LogP contribution in [0.15, 0.2) is 67.0 Å². The number of carbonyl (C=O) groups excluding carboxylic acids is 1. The van der Waals surface area contributed by atoms with Crippen molar-refractivity contribution in [2.24, 2.45) is 0 Å². The Morgan fingerprint density at radius 2 is 2.00 bits per heavy atom. The lowest BCUT2D eigenvalue weighted by Crippen LogP contribution is -2.23. The van der Waals surface area contributed by atoms with E-state index in [-0.39, 0.29) is 0 Å². The molecule has 1 aromatic heterocycles. The van der Waals surface area contributed by atoms with Crippen LogP contribution in [0.1, 0.15) is 17.2 Å². The third kappa shape index (κ3) is 3.27. The van der Waals surface area contributed by atoms with Crippen LogP contribution in [-0.4, -0.2) is 18.4 Å². The number of aromatic nitrogens is 1. The number of fused-ring (bicyclic) bond motifs is 1. The van der Waals surface area contributed by atoms with Crippen molar-refractivity contribution in [3.8, 4) is 16.9 Å². The molecule has 5 heteroatoms.